The van der Waals surface area contributed by atoms with E-state index >= 15 is 0 Å². The van der Waals surface area contributed by atoms with Gasteiger partial charge in [-0.1, -0.05) is 0 Å². The van der Waals surface area contributed by atoms with E-state index in [4.69, 9.17) is 5.73 Å². The van der Waals surface area contributed by atoms with E-state index in [1.54, 1.807) is 6.92 Å². The van der Waals surface area contributed by atoms with Crippen LogP contribution in [0.1, 0.15) is 39.0 Å². The summed E-state index contributed by atoms with van der Waals surface area (Å²) >= 11 is 0. The van der Waals surface area contributed by atoms with Crippen LogP contribution in [-0.2, 0) is 0 Å². The summed E-state index contributed by atoms with van der Waals surface area (Å²) in [6.45, 7) is 2.27. The van der Waals surface area contributed by atoms with E-state index in [1.807, 2.05) is 0 Å². The van der Waals surface area contributed by atoms with Crippen LogP contribution in [0.15, 0.2) is 0 Å². The molecule has 16 heavy (non-hydrogen) atoms. The molecule has 0 radical (unpaired) electrons. The highest BCUT2D eigenvalue weighted by molar-refractivity contribution is 4.77. The molecule has 1 aliphatic carbocycles. The standard InChI is InChI=1S/C11H21F3N2/c1-8(6-11(12,13)14)16-7-9-2-4-10(15)5-3-9/h8-10,16H,2-7,15H2,1H3. The maximum atomic E-state index is 12.1. The Labute approximate surface area is 94.8 Å². The third kappa shape index (κ3) is 5.70. The molecule has 0 aliphatic heterocycles. The number of hydrogen-bond donors (Lipinski definition) is 2. The van der Waals surface area contributed by atoms with Gasteiger partial charge in [-0.3, -0.25) is 0 Å². The van der Waals surface area contributed by atoms with Crippen molar-refractivity contribution in [2.24, 2.45) is 11.7 Å². The van der Waals surface area contributed by atoms with E-state index in [2.05, 4.69) is 5.32 Å². The van der Waals surface area contributed by atoms with Crippen molar-refractivity contribution in [2.75, 3.05) is 6.54 Å². The Balaban J connectivity index is 2.14. The smallest absolute Gasteiger partial charge is 0.328 e. The lowest BCUT2D eigenvalue weighted by atomic mass is 9.86. The van der Waals surface area contributed by atoms with Crippen LogP contribution < -0.4 is 11.1 Å². The average molecular weight is 238 g/mol. The molecular formula is C11H21F3N2. The topological polar surface area (TPSA) is 38.0 Å². The lowest BCUT2D eigenvalue weighted by Gasteiger charge is -2.27. The summed E-state index contributed by atoms with van der Waals surface area (Å²) in [6, 6.07) is -0.195. The Bertz CT molecular complexity index is 198. The predicted molar refractivity (Wildman–Crippen MR) is 58.1 cm³/mol. The number of nitrogens with two attached hydrogens (primary N) is 1. The molecule has 0 spiro atoms. The minimum atomic E-state index is -4.07. The van der Waals surface area contributed by atoms with Gasteiger partial charge in [0.05, 0.1) is 6.42 Å². The van der Waals surface area contributed by atoms with Crippen molar-refractivity contribution in [1.29, 1.82) is 0 Å². The van der Waals surface area contributed by atoms with Crippen LogP contribution in [0.25, 0.3) is 0 Å². The Hall–Kier alpha value is -0.290. The molecule has 0 heterocycles. The third-order valence-corrected chi connectivity index (χ3v) is 3.18. The summed E-state index contributed by atoms with van der Waals surface area (Å²) in [6.07, 6.45) is -0.750. The second kappa shape index (κ2) is 5.87. The number of halogens is 3. The first kappa shape index (κ1) is 13.8. The molecule has 96 valence electrons. The molecular weight excluding hydrogens is 217 g/mol. The molecule has 1 saturated carbocycles. The van der Waals surface area contributed by atoms with Crippen LogP contribution in [0.2, 0.25) is 0 Å². The first-order chi connectivity index (χ1) is 7.37. The molecule has 1 rings (SSSR count). The second-order valence-electron chi connectivity index (χ2n) is 4.91. The van der Waals surface area contributed by atoms with Crippen molar-refractivity contribution in [3.05, 3.63) is 0 Å². The van der Waals surface area contributed by atoms with Crippen LogP contribution in [-0.4, -0.2) is 24.8 Å². The Morgan fingerprint density at radius 3 is 2.31 bits per heavy atom. The Kier molecular flexibility index (Phi) is 5.05. The van der Waals surface area contributed by atoms with Gasteiger partial charge in [-0.05, 0) is 45.1 Å². The SMILES string of the molecule is CC(CC(F)(F)F)NCC1CCC(N)CC1. The minimum absolute atomic E-state index is 0.295. The molecule has 5 heteroatoms. The van der Waals surface area contributed by atoms with Gasteiger partial charge in [0.1, 0.15) is 0 Å². The van der Waals surface area contributed by atoms with Crippen molar-refractivity contribution in [1.82, 2.24) is 5.32 Å². The van der Waals surface area contributed by atoms with Crippen molar-refractivity contribution >= 4 is 0 Å². The van der Waals surface area contributed by atoms with E-state index in [0.717, 1.165) is 25.7 Å². The fraction of sp³-hybridized carbons (Fsp3) is 1.00. The van der Waals surface area contributed by atoms with E-state index in [0.29, 0.717) is 18.5 Å². The fourth-order valence-corrected chi connectivity index (χ4v) is 2.18. The normalized spacial score (nSPS) is 29.1. The third-order valence-electron chi connectivity index (χ3n) is 3.18. The monoisotopic (exact) mass is 238 g/mol. The summed E-state index contributed by atoms with van der Waals surface area (Å²) < 4.78 is 36.2. The first-order valence-electron chi connectivity index (χ1n) is 5.92. The van der Waals surface area contributed by atoms with Crippen molar-refractivity contribution in [3.63, 3.8) is 0 Å². The number of nitrogens with one attached hydrogen (secondary N) is 1. The Morgan fingerprint density at radius 1 is 1.25 bits per heavy atom. The number of rotatable bonds is 4. The zero-order valence-electron chi connectivity index (χ0n) is 9.69. The van der Waals surface area contributed by atoms with Gasteiger partial charge in [0.25, 0.3) is 0 Å². The zero-order chi connectivity index (χ0) is 12.2. The summed E-state index contributed by atoms with van der Waals surface area (Å²) in [5.41, 5.74) is 5.77. The van der Waals surface area contributed by atoms with Gasteiger partial charge in [-0.2, -0.15) is 13.2 Å². The fourth-order valence-electron chi connectivity index (χ4n) is 2.18. The molecule has 1 unspecified atom stereocenters. The highest BCUT2D eigenvalue weighted by Crippen LogP contribution is 2.24. The number of alkyl halides is 3. The maximum absolute atomic E-state index is 12.1. The lowest BCUT2D eigenvalue weighted by molar-refractivity contribution is -0.139. The van der Waals surface area contributed by atoms with Gasteiger partial charge in [-0.25, -0.2) is 0 Å². The van der Waals surface area contributed by atoms with Gasteiger partial charge >= 0.3 is 6.18 Å². The predicted octanol–water partition coefficient (Wildman–Crippen LogP) is 2.43. The summed E-state index contributed by atoms with van der Waals surface area (Å²) in [5, 5.41) is 2.96. The van der Waals surface area contributed by atoms with Gasteiger partial charge in [0.2, 0.25) is 0 Å². The molecule has 1 fully saturated rings. The zero-order valence-corrected chi connectivity index (χ0v) is 9.69. The van der Waals surface area contributed by atoms with Crippen molar-refractivity contribution in [3.8, 4) is 0 Å². The molecule has 0 amide bonds. The second-order valence-corrected chi connectivity index (χ2v) is 4.91. The number of hydrogen-bond acceptors (Lipinski definition) is 2. The summed E-state index contributed by atoms with van der Waals surface area (Å²) in [4.78, 5) is 0. The van der Waals surface area contributed by atoms with E-state index in [-0.39, 0.29) is 0 Å². The van der Waals surface area contributed by atoms with Crippen LogP contribution in [0.4, 0.5) is 13.2 Å². The van der Waals surface area contributed by atoms with Crippen LogP contribution >= 0.6 is 0 Å². The largest absolute Gasteiger partial charge is 0.390 e. The van der Waals surface area contributed by atoms with Crippen LogP contribution in [0, 0.1) is 5.92 Å². The van der Waals surface area contributed by atoms with E-state index in [1.165, 1.54) is 0 Å². The molecule has 0 aromatic heterocycles. The average Bonchev–Trinajstić information content (AvgIpc) is 2.14. The molecule has 0 aromatic rings. The molecule has 0 bridgehead atoms. The highest BCUT2D eigenvalue weighted by atomic mass is 19.4. The van der Waals surface area contributed by atoms with Gasteiger partial charge in [-0.15, -0.1) is 0 Å². The van der Waals surface area contributed by atoms with Gasteiger partial charge < -0.3 is 11.1 Å². The van der Waals surface area contributed by atoms with Gasteiger partial charge in [0, 0.05) is 12.1 Å². The Morgan fingerprint density at radius 2 is 1.81 bits per heavy atom. The molecule has 3 N–H and O–H groups in total. The van der Waals surface area contributed by atoms with Crippen LogP contribution in [0.3, 0.4) is 0 Å². The highest BCUT2D eigenvalue weighted by Gasteiger charge is 2.30. The quantitative estimate of drug-likeness (QED) is 0.789. The summed E-state index contributed by atoms with van der Waals surface area (Å²) in [7, 11) is 0. The van der Waals surface area contributed by atoms with E-state index in [9.17, 15) is 13.2 Å². The van der Waals surface area contributed by atoms with Crippen molar-refractivity contribution in [2.45, 2.75) is 57.3 Å². The molecule has 0 saturated heterocycles. The van der Waals surface area contributed by atoms with Crippen molar-refractivity contribution < 1.29 is 13.2 Å². The summed E-state index contributed by atoms with van der Waals surface area (Å²) in [5.74, 6) is 0.496. The lowest BCUT2D eigenvalue weighted by Crippen LogP contribution is -2.37. The van der Waals surface area contributed by atoms with Crippen LogP contribution in [0.5, 0.6) is 0 Å². The minimum Gasteiger partial charge on any atom is -0.328 e. The molecule has 1 atom stereocenters. The van der Waals surface area contributed by atoms with Gasteiger partial charge in [0.15, 0.2) is 0 Å². The molecule has 0 aromatic carbocycles. The molecule has 2 nitrogen and oxygen atoms in total. The van der Waals surface area contributed by atoms with E-state index < -0.39 is 18.6 Å². The molecule has 1 aliphatic rings. The maximum Gasteiger partial charge on any atom is 0.390 e. The first-order valence-corrected chi connectivity index (χ1v) is 5.92.